The van der Waals surface area contributed by atoms with Crippen molar-refractivity contribution < 1.29 is 14.5 Å². The molecule has 0 saturated heterocycles. The Morgan fingerprint density at radius 2 is 1.88 bits per heavy atom. The van der Waals surface area contributed by atoms with Crippen LogP contribution in [0.3, 0.4) is 0 Å². The fourth-order valence-corrected chi connectivity index (χ4v) is 2.46. The molecule has 1 heterocycles. The van der Waals surface area contributed by atoms with Gasteiger partial charge in [-0.3, -0.25) is 10.1 Å². The number of carbonyl (C=O) groups excluding carboxylic acids is 1. The maximum Gasteiger partial charge on any atom is 0.338 e. The molecule has 0 amide bonds. The lowest BCUT2D eigenvalue weighted by atomic mass is 10.1. The van der Waals surface area contributed by atoms with Gasteiger partial charge in [0, 0.05) is 18.5 Å². The van der Waals surface area contributed by atoms with Crippen molar-refractivity contribution in [3.63, 3.8) is 0 Å². The highest BCUT2D eigenvalue weighted by molar-refractivity contribution is 5.89. The lowest BCUT2D eigenvalue weighted by Gasteiger charge is -2.14. The van der Waals surface area contributed by atoms with Crippen LogP contribution in [0.15, 0.2) is 67.0 Å². The first-order valence-corrected chi connectivity index (χ1v) is 7.60. The van der Waals surface area contributed by atoms with E-state index in [-0.39, 0.29) is 5.69 Å². The Bertz CT molecular complexity index is 889. The van der Waals surface area contributed by atoms with Crippen LogP contribution in [0.4, 0.5) is 5.69 Å². The van der Waals surface area contributed by atoms with E-state index in [1.165, 1.54) is 6.07 Å². The number of hydrogen-bond acceptors (Lipinski definition) is 5. The van der Waals surface area contributed by atoms with E-state index < -0.39 is 17.0 Å². The molecule has 1 unspecified atom stereocenters. The average Bonchev–Trinajstić information content (AvgIpc) is 3.16. The fourth-order valence-electron chi connectivity index (χ4n) is 2.46. The molecule has 0 radical (unpaired) electrons. The molecule has 126 valence electrons. The van der Waals surface area contributed by atoms with Crippen molar-refractivity contribution in [3.8, 4) is 5.69 Å². The van der Waals surface area contributed by atoms with Crippen LogP contribution in [0.25, 0.3) is 5.69 Å². The second-order valence-corrected chi connectivity index (χ2v) is 5.36. The summed E-state index contributed by atoms with van der Waals surface area (Å²) in [6.45, 7) is 1.61. The monoisotopic (exact) mass is 337 g/mol. The third kappa shape index (κ3) is 3.55. The molecule has 1 aromatic heterocycles. The Morgan fingerprint density at radius 3 is 2.52 bits per heavy atom. The Hall–Kier alpha value is -3.48. The van der Waals surface area contributed by atoms with E-state index in [0.717, 1.165) is 5.69 Å². The van der Waals surface area contributed by atoms with Crippen LogP contribution in [-0.2, 0) is 4.74 Å². The van der Waals surface area contributed by atoms with Crippen molar-refractivity contribution in [2.45, 2.75) is 13.0 Å². The summed E-state index contributed by atoms with van der Waals surface area (Å²) in [5.41, 5.74) is 1.46. The van der Waals surface area contributed by atoms with Crippen LogP contribution >= 0.6 is 0 Å². The van der Waals surface area contributed by atoms with Crippen molar-refractivity contribution in [3.05, 3.63) is 88.2 Å². The zero-order chi connectivity index (χ0) is 17.8. The van der Waals surface area contributed by atoms with E-state index in [4.69, 9.17) is 4.74 Å². The maximum absolute atomic E-state index is 12.3. The number of aromatic nitrogens is 2. The summed E-state index contributed by atoms with van der Waals surface area (Å²) in [5, 5.41) is 15.2. The molecule has 0 aliphatic heterocycles. The van der Waals surface area contributed by atoms with Crippen LogP contribution in [0, 0.1) is 10.1 Å². The molecule has 7 nitrogen and oxygen atoms in total. The predicted octanol–water partition coefficient (Wildman–Crippen LogP) is 3.70. The molecule has 3 rings (SSSR count). The highest BCUT2D eigenvalue weighted by Gasteiger charge is 2.21. The largest absolute Gasteiger partial charge is 0.454 e. The third-order valence-electron chi connectivity index (χ3n) is 3.73. The van der Waals surface area contributed by atoms with E-state index in [0.29, 0.717) is 11.1 Å². The van der Waals surface area contributed by atoms with Crippen molar-refractivity contribution in [2.75, 3.05) is 0 Å². The first-order valence-electron chi connectivity index (χ1n) is 7.60. The van der Waals surface area contributed by atoms with Crippen LogP contribution in [0.2, 0.25) is 0 Å². The predicted molar refractivity (Wildman–Crippen MR) is 90.5 cm³/mol. The van der Waals surface area contributed by atoms with Gasteiger partial charge < -0.3 is 4.74 Å². The zero-order valence-electron chi connectivity index (χ0n) is 13.4. The van der Waals surface area contributed by atoms with Gasteiger partial charge in [-0.1, -0.05) is 12.1 Å². The number of nitro benzene ring substituents is 1. The number of ether oxygens (including phenoxy) is 1. The normalized spacial score (nSPS) is 11.7. The molecule has 0 fully saturated rings. The molecule has 0 saturated carbocycles. The van der Waals surface area contributed by atoms with Gasteiger partial charge >= 0.3 is 5.97 Å². The summed E-state index contributed by atoms with van der Waals surface area (Å²) in [6, 6.07) is 14.8. The van der Waals surface area contributed by atoms with Gasteiger partial charge in [-0.15, -0.1) is 0 Å². The smallest absolute Gasteiger partial charge is 0.338 e. The minimum absolute atomic E-state index is 0.0724. The average molecular weight is 337 g/mol. The number of esters is 1. The Labute approximate surface area is 143 Å². The number of benzene rings is 2. The second-order valence-electron chi connectivity index (χ2n) is 5.36. The minimum Gasteiger partial charge on any atom is -0.454 e. The van der Waals surface area contributed by atoms with Crippen LogP contribution in [-0.4, -0.2) is 20.7 Å². The Morgan fingerprint density at radius 1 is 1.16 bits per heavy atom. The molecule has 25 heavy (non-hydrogen) atoms. The quantitative estimate of drug-likeness (QED) is 0.402. The van der Waals surface area contributed by atoms with E-state index in [1.807, 2.05) is 0 Å². The van der Waals surface area contributed by atoms with Gasteiger partial charge in [-0.2, -0.15) is 5.10 Å². The highest BCUT2D eigenvalue weighted by atomic mass is 16.6. The lowest BCUT2D eigenvalue weighted by Crippen LogP contribution is -2.11. The second kappa shape index (κ2) is 6.96. The summed E-state index contributed by atoms with van der Waals surface area (Å²) in [5.74, 6) is -0.544. The molecule has 0 spiro atoms. The first kappa shape index (κ1) is 16.4. The first-order chi connectivity index (χ1) is 12.1. The third-order valence-corrected chi connectivity index (χ3v) is 3.73. The van der Waals surface area contributed by atoms with Crippen LogP contribution in [0.1, 0.15) is 28.9 Å². The Balaban J connectivity index is 1.75. The van der Waals surface area contributed by atoms with Crippen LogP contribution in [0.5, 0.6) is 0 Å². The van der Waals surface area contributed by atoms with Crippen LogP contribution < -0.4 is 0 Å². The number of rotatable bonds is 5. The number of hydrogen-bond donors (Lipinski definition) is 0. The fraction of sp³-hybridized carbons (Fsp3) is 0.111. The van der Waals surface area contributed by atoms with Gasteiger partial charge in [0.15, 0.2) is 0 Å². The molecular formula is C18H15N3O4. The standard InChI is InChI=1S/C18H15N3O4/c1-13(16-5-2-3-6-17(16)21(23)24)25-18(22)14-7-9-15(10-8-14)20-12-4-11-19-20/h2-13H,1H3. The molecular weight excluding hydrogens is 322 g/mol. The summed E-state index contributed by atoms with van der Waals surface area (Å²) in [6.07, 6.45) is 2.72. The summed E-state index contributed by atoms with van der Waals surface area (Å²) < 4.78 is 7.05. The van der Waals surface area contributed by atoms with Gasteiger partial charge in [0.05, 0.1) is 21.7 Å². The molecule has 1 atom stereocenters. The zero-order valence-corrected chi connectivity index (χ0v) is 13.4. The lowest BCUT2D eigenvalue weighted by molar-refractivity contribution is -0.386. The van der Waals surface area contributed by atoms with Crippen molar-refractivity contribution >= 4 is 11.7 Å². The molecule has 3 aromatic rings. The van der Waals surface area contributed by atoms with Crippen molar-refractivity contribution in [2.24, 2.45) is 0 Å². The SMILES string of the molecule is CC(OC(=O)c1ccc(-n2cccn2)cc1)c1ccccc1[N+](=O)[O-]. The molecule has 7 heteroatoms. The summed E-state index contributed by atoms with van der Waals surface area (Å²) >= 11 is 0. The minimum atomic E-state index is -0.736. The number of nitrogens with zero attached hydrogens (tertiary/aromatic N) is 3. The van der Waals surface area contributed by atoms with Gasteiger partial charge in [0.2, 0.25) is 0 Å². The number of carbonyl (C=O) groups is 1. The van der Waals surface area contributed by atoms with Crippen molar-refractivity contribution in [1.29, 1.82) is 0 Å². The summed E-state index contributed by atoms with van der Waals surface area (Å²) in [7, 11) is 0. The van der Waals surface area contributed by atoms with E-state index in [2.05, 4.69) is 5.10 Å². The van der Waals surface area contributed by atoms with Gasteiger partial charge in [-0.25, -0.2) is 9.48 Å². The van der Waals surface area contributed by atoms with E-state index in [9.17, 15) is 14.9 Å². The molecule has 0 N–H and O–H groups in total. The molecule has 0 bridgehead atoms. The molecule has 0 aliphatic carbocycles. The highest BCUT2D eigenvalue weighted by Crippen LogP contribution is 2.27. The van der Waals surface area contributed by atoms with E-state index in [1.54, 1.807) is 72.5 Å². The van der Waals surface area contributed by atoms with Gasteiger partial charge in [-0.05, 0) is 43.3 Å². The number of para-hydroxylation sites is 1. The van der Waals surface area contributed by atoms with Crippen molar-refractivity contribution in [1.82, 2.24) is 9.78 Å². The van der Waals surface area contributed by atoms with E-state index >= 15 is 0 Å². The van der Waals surface area contributed by atoms with Gasteiger partial charge in [0.25, 0.3) is 5.69 Å². The number of nitro groups is 1. The molecule has 2 aromatic carbocycles. The topological polar surface area (TPSA) is 87.3 Å². The van der Waals surface area contributed by atoms with Gasteiger partial charge in [0.1, 0.15) is 6.10 Å². The summed E-state index contributed by atoms with van der Waals surface area (Å²) in [4.78, 5) is 22.9. The maximum atomic E-state index is 12.3. The molecule has 0 aliphatic rings. The Kier molecular flexibility index (Phi) is 4.56.